The standard InChI is InChI=1S/C25H24ClN5O5/c1-34-23(32)17-10-22(13-27-12-17)36-21-8-6-19(7-9-21)29-24(31-25(33)30-20-14-35-15-20)28-11-16-2-4-18(26)5-3-16/h2-10,12-13,20H,11,14-15H2,1H3,(H3,28,29,30,31,33). The van der Waals surface area contributed by atoms with E-state index in [2.05, 4.69) is 25.9 Å². The van der Waals surface area contributed by atoms with Crippen molar-refractivity contribution in [3.05, 3.63) is 83.1 Å². The monoisotopic (exact) mass is 509 g/mol. The third-order valence-corrected chi connectivity index (χ3v) is 5.28. The van der Waals surface area contributed by atoms with Crippen LogP contribution in [0.15, 0.2) is 72.0 Å². The number of carbonyl (C=O) groups excluding carboxylic acids is 2. The highest BCUT2D eigenvalue weighted by Gasteiger charge is 2.20. The highest BCUT2D eigenvalue weighted by Crippen LogP contribution is 2.24. The lowest BCUT2D eigenvalue weighted by molar-refractivity contribution is 0.000230. The molecule has 2 heterocycles. The predicted molar refractivity (Wildman–Crippen MR) is 134 cm³/mol. The molecule has 1 fully saturated rings. The molecule has 3 aromatic rings. The molecule has 1 aliphatic heterocycles. The summed E-state index contributed by atoms with van der Waals surface area (Å²) in [5.41, 5.74) is 1.83. The van der Waals surface area contributed by atoms with Gasteiger partial charge in [0.2, 0.25) is 5.96 Å². The number of carbonyl (C=O) groups is 2. The molecule has 1 aliphatic rings. The van der Waals surface area contributed by atoms with E-state index in [1.54, 1.807) is 42.5 Å². The SMILES string of the molecule is COC(=O)c1cncc(Oc2ccc(/N=C(/NCc3ccc(Cl)cc3)NC(=O)NC3COC3)cc2)c1. The number of rotatable bonds is 7. The van der Waals surface area contributed by atoms with Crippen LogP contribution in [-0.2, 0) is 16.0 Å². The molecule has 186 valence electrons. The van der Waals surface area contributed by atoms with Gasteiger partial charge in [0.05, 0.1) is 43.8 Å². The first kappa shape index (κ1) is 25.0. The van der Waals surface area contributed by atoms with Gasteiger partial charge in [0.1, 0.15) is 11.5 Å². The van der Waals surface area contributed by atoms with Crippen molar-refractivity contribution in [3.63, 3.8) is 0 Å². The smallest absolute Gasteiger partial charge is 0.339 e. The van der Waals surface area contributed by atoms with Crippen LogP contribution >= 0.6 is 11.6 Å². The molecule has 0 spiro atoms. The fourth-order valence-corrected chi connectivity index (χ4v) is 3.23. The summed E-state index contributed by atoms with van der Waals surface area (Å²) in [7, 11) is 1.30. The molecule has 3 N–H and O–H groups in total. The molecule has 2 amide bonds. The second kappa shape index (κ2) is 12.0. The minimum Gasteiger partial charge on any atom is -0.465 e. The average Bonchev–Trinajstić information content (AvgIpc) is 2.86. The first-order chi connectivity index (χ1) is 17.5. The number of benzene rings is 2. The molecular formula is C25H24ClN5O5. The molecule has 1 aromatic heterocycles. The molecule has 0 saturated carbocycles. The van der Waals surface area contributed by atoms with Crippen molar-refractivity contribution in [1.82, 2.24) is 20.9 Å². The summed E-state index contributed by atoms with van der Waals surface area (Å²) in [6.45, 7) is 1.39. The molecule has 0 aliphatic carbocycles. The molecule has 0 atom stereocenters. The third-order valence-electron chi connectivity index (χ3n) is 5.03. The van der Waals surface area contributed by atoms with Gasteiger partial charge >= 0.3 is 12.0 Å². The highest BCUT2D eigenvalue weighted by molar-refractivity contribution is 6.30. The third kappa shape index (κ3) is 7.17. The molecule has 10 nitrogen and oxygen atoms in total. The topological polar surface area (TPSA) is 123 Å². The summed E-state index contributed by atoms with van der Waals surface area (Å²) in [5, 5.41) is 9.35. The van der Waals surface area contributed by atoms with Crippen molar-refractivity contribution in [2.45, 2.75) is 12.6 Å². The van der Waals surface area contributed by atoms with Crippen LogP contribution in [0.2, 0.25) is 5.02 Å². The molecular weight excluding hydrogens is 486 g/mol. The number of halogens is 1. The van der Waals surface area contributed by atoms with E-state index >= 15 is 0 Å². The lowest BCUT2D eigenvalue weighted by atomic mass is 10.2. The Morgan fingerprint density at radius 3 is 2.50 bits per heavy atom. The molecule has 0 radical (unpaired) electrons. The zero-order valence-corrected chi connectivity index (χ0v) is 20.1. The summed E-state index contributed by atoms with van der Waals surface area (Å²) in [4.78, 5) is 32.6. The van der Waals surface area contributed by atoms with Crippen LogP contribution in [0.3, 0.4) is 0 Å². The van der Waals surface area contributed by atoms with Crippen molar-refractivity contribution >= 4 is 35.2 Å². The lowest BCUT2D eigenvalue weighted by Crippen LogP contribution is -2.54. The second-order valence-corrected chi connectivity index (χ2v) is 8.21. The van der Waals surface area contributed by atoms with Crippen LogP contribution in [0.4, 0.5) is 10.5 Å². The lowest BCUT2D eigenvalue weighted by Gasteiger charge is -2.27. The van der Waals surface area contributed by atoms with Gasteiger partial charge in [-0.05, 0) is 48.0 Å². The van der Waals surface area contributed by atoms with Gasteiger partial charge in [-0.25, -0.2) is 14.6 Å². The van der Waals surface area contributed by atoms with Crippen molar-refractivity contribution in [3.8, 4) is 11.5 Å². The van der Waals surface area contributed by atoms with E-state index in [0.29, 0.717) is 42.0 Å². The van der Waals surface area contributed by atoms with Crippen LogP contribution in [-0.4, -0.2) is 49.3 Å². The molecule has 0 bridgehead atoms. The maximum atomic E-state index is 12.4. The van der Waals surface area contributed by atoms with Gasteiger partial charge in [0, 0.05) is 17.8 Å². The molecule has 11 heteroatoms. The number of urea groups is 1. The van der Waals surface area contributed by atoms with Crippen molar-refractivity contribution in [1.29, 1.82) is 0 Å². The van der Waals surface area contributed by atoms with Crippen molar-refractivity contribution < 1.29 is 23.8 Å². The van der Waals surface area contributed by atoms with E-state index in [9.17, 15) is 9.59 Å². The van der Waals surface area contributed by atoms with E-state index in [4.69, 9.17) is 25.8 Å². The number of esters is 1. The van der Waals surface area contributed by atoms with E-state index in [0.717, 1.165) is 5.56 Å². The number of hydrogen-bond acceptors (Lipinski definition) is 7. The molecule has 4 rings (SSSR count). The summed E-state index contributed by atoms with van der Waals surface area (Å²) < 4.78 is 15.6. The average molecular weight is 510 g/mol. The zero-order valence-electron chi connectivity index (χ0n) is 19.4. The summed E-state index contributed by atoms with van der Waals surface area (Å²) in [6.07, 6.45) is 2.89. The fraction of sp³-hybridized carbons (Fsp3) is 0.200. The molecule has 2 aromatic carbocycles. The van der Waals surface area contributed by atoms with E-state index in [1.807, 2.05) is 12.1 Å². The van der Waals surface area contributed by atoms with Crippen LogP contribution in [0.5, 0.6) is 11.5 Å². The molecule has 1 saturated heterocycles. The Balaban J connectivity index is 1.44. The van der Waals surface area contributed by atoms with E-state index in [-0.39, 0.29) is 23.6 Å². The molecule has 0 unspecified atom stereocenters. The zero-order chi connectivity index (χ0) is 25.3. The number of pyridine rings is 1. The fourth-order valence-electron chi connectivity index (χ4n) is 3.11. The van der Waals surface area contributed by atoms with Gasteiger partial charge in [-0.2, -0.15) is 0 Å². The van der Waals surface area contributed by atoms with E-state index in [1.165, 1.54) is 19.5 Å². The Kier molecular flexibility index (Phi) is 8.32. The van der Waals surface area contributed by atoms with Gasteiger partial charge in [-0.15, -0.1) is 0 Å². The van der Waals surface area contributed by atoms with Crippen molar-refractivity contribution in [2.24, 2.45) is 4.99 Å². The Morgan fingerprint density at radius 2 is 1.83 bits per heavy atom. The summed E-state index contributed by atoms with van der Waals surface area (Å²) >= 11 is 5.96. The van der Waals surface area contributed by atoms with Crippen LogP contribution in [0.1, 0.15) is 15.9 Å². The number of hydrogen-bond donors (Lipinski definition) is 3. The number of nitrogens with one attached hydrogen (secondary N) is 3. The largest absolute Gasteiger partial charge is 0.465 e. The van der Waals surface area contributed by atoms with Crippen LogP contribution in [0.25, 0.3) is 0 Å². The maximum absolute atomic E-state index is 12.4. The van der Waals surface area contributed by atoms with Gasteiger partial charge in [-0.1, -0.05) is 23.7 Å². The van der Waals surface area contributed by atoms with Gasteiger partial charge in [0.25, 0.3) is 0 Å². The number of aliphatic imine (C=N–C) groups is 1. The van der Waals surface area contributed by atoms with Crippen molar-refractivity contribution in [2.75, 3.05) is 20.3 Å². The summed E-state index contributed by atoms with van der Waals surface area (Å²) in [6, 6.07) is 15.4. The number of nitrogens with zero attached hydrogens (tertiary/aromatic N) is 2. The Morgan fingerprint density at radius 1 is 1.08 bits per heavy atom. The Hall–Kier alpha value is -4.15. The quantitative estimate of drug-likeness (QED) is 0.251. The number of ether oxygens (including phenoxy) is 3. The maximum Gasteiger partial charge on any atom is 0.339 e. The van der Waals surface area contributed by atoms with Gasteiger partial charge in [-0.3, -0.25) is 10.3 Å². The normalized spacial score (nSPS) is 13.3. The van der Waals surface area contributed by atoms with Gasteiger partial charge in [0.15, 0.2) is 0 Å². The number of guanidine groups is 1. The Labute approximate surface area is 212 Å². The minimum absolute atomic E-state index is 0.0221. The predicted octanol–water partition coefficient (Wildman–Crippen LogP) is 3.79. The number of amides is 2. The van der Waals surface area contributed by atoms with Crippen LogP contribution in [0, 0.1) is 0 Å². The second-order valence-electron chi connectivity index (χ2n) is 7.77. The highest BCUT2D eigenvalue weighted by atomic mass is 35.5. The first-order valence-corrected chi connectivity index (χ1v) is 11.4. The number of aromatic nitrogens is 1. The first-order valence-electron chi connectivity index (χ1n) is 11.0. The molecule has 36 heavy (non-hydrogen) atoms. The minimum atomic E-state index is -0.502. The number of methoxy groups -OCH3 is 1. The van der Waals surface area contributed by atoms with E-state index < -0.39 is 5.97 Å². The summed E-state index contributed by atoms with van der Waals surface area (Å²) in [5.74, 6) is 0.672. The van der Waals surface area contributed by atoms with Gasteiger partial charge < -0.3 is 24.8 Å². The Bertz CT molecular complexity index is 1230. The van der Waals surface area contributed by atoms with Crippen LogP contribution < -0.4 is 20.7 Å².